The van der Waals surface area contributed by atoms with Crippen LogP contribution in [0, 0.1) is 18.3 Å². The Morgan fingerprint density at radius 2 is 2.12 bits per heavy atom. The maximum absolute atomic E-state index is 11.8. The molecule has 0 aliphatic rings. The number of nitrogens with two attached hydrogens (primary N) is 2. The van der Waals surface area contributed by atoms with Crippen LogP contribution in [0.1, 0.15) is 21.6 Å². The zero-order chi connectivity index (χ0) is 17.6. The number of rotatable bonds is 2. The van der Waals surface area contributed by atoms with Crippen molar-refractivity contribution in [1.29, 1.82) is 5.26 Å². The van der Waals surface area contributed by atoms with Gasteiger partial charge in [0.15, 0.2) is 5.69 Å². The molecule has 3 rings (SSSR count). The molecule has 0 aliphatic carbocycles. The van der Waals surface area contributed by atoms with Crippen molar-refractivity contribution in [3.8, 4) is 17.2 Å². The summed E-state index contributed by atoms with van der Waals surface area (Å²) in [6.45, 7) is 1.81. The number of fused-ring (bicyclic) bond motifs is 1. The Balaban J connectivity index is 2.58. The van der Waals surface area contributed by atoms with Crippen molar-refractivity contribution in [2.75, 3.05) is 5.73 Å². The number of primary amides is 1. The van der Waals surface area contributed by atoms with Crippen molar-refractivity contribution in [3.05, 3.63) is 40.4 Å². The lowest BCUT2D eigenvalue weighted by Gasteiger charge is -2.14. The third kappa shape index (κ3) is 2.16. The number of anilines is 1. The summed E-state index contributed by atoms with van der Waals surface area (Å²) in [6, 6.07) is 2.12. The number of aromatic nitrogens is 3. The molecule has 120 valence electrons. The van der Waals surface area contributed by atoms with Crippen LogP contribution in [0.5, 0.6) is 0 Å². The summed E-state index contributed by atoms with van der Waals surface area (Å²) in [5, 5.41) is 10.4. The summed E-state index contributed by atoms with van der Waals surface area (Å²) in [7, 11) is 1.73. The van der Waals surface area contributed by atoms with E-state index >= 15 is 0 Å². The second kappa shape index (κ2) is 5.51. The van der Waals surface area contributed by atoms with E-state index in [4.69, 9.17) is 23.1 Å². The molecule has 3 aromatic heterocycles. The van der Waals surface area contributed by atoms with Crippen LogP contribution in [-0.2, 0) is 7.05 Å². The Morgan fingerprint density at radius 1 is 1.42 bits per heavy atom. The summed E-state index contributed by atoms with van der Waals surface area (Å²) in [4.78, 5) is 20.1. The topological polar surface area (TPSA) is 124 Å². The fourth-order valence-electron chi connectivity index (χ4n) is 2.72. The number of carbonyl (C=O) groups excluding carboxylic acids is 1. The highest BCUT2D eigenvalue weighted by Gasteiger charge is 2.23. The molecule has 0 radical (unpaired) electrons. The Morgan fingerprint density at radius 3 is 2.75 bits per heavy atom. The highest BCUT2D eigenvalue weighted by molar-refractivity contribution is 6.31. The third-order valence-electron chi connectivity index (χ3n) is 3.92. The Labute approximate surface area is 142 Å². The van der Waals surface area contributed by atoms with Crippen LogP contribution in [0.2, 0.25) is 5.02 Å². The lowest BCUT2D eigenvalue weighted by molar-refractivity contribution is 0.0997. The standard InChI is InChI=1S/C16H13ClN6O/c1-7-9(4-21-5-10(7)17)12-11-8(3-18)6-23(2)16(11)22-14(13(12)19)15(20)24/h4-6H,19H2,1-2H3,(H2,20,24). The molecule has 1 amide bonds. The van der Waals surface area contributed by atoms with Crippen molar-refractivity contribution in [3.63, 3.8) is 0 Å². The third-order valence-corrected chi connectivity index (χ3v) is 4.30. The molecule has 3 heterocycles. The van der Waals surface area contributed by atoms with Crippen LogP contribution in [0.15, 0.2) is 18.6 Å². The summed E-state index contributed by atoms with van der Waals surface area (Å²) in [5.41, 5.74) is 14.3. The van der Waals surface area contributed by atoms with Gasteiger partial charge in [-0.05, 0) is 12.5 Å². The molecule has 0 bridgehead atoms. The fraction of sp³-hybridized carbons (Fsp3) is 0.125. The van der Waals surface area contributed by atoms with E-state index in [1.807, 2.05) is 6.92 Å². The van der Waals surface area contributed by atoms with E-state index in [2.05, 4.69) is 16.0 Å². The Hall–Kier alpha value is -3.11. The molecular weight excluding hydrogens is 328 g/mol. The highest BCUT2D eigenvalue weighted by Crippen LogP contribution is 2.39. The average Bonchev–Trinajstić information content (AvgIpc) is 2.86. The van der Waals surface area contributed by atoms with E-state index in [1.165, 1.54) is 6.20 Å². The van der Waals surface area contributed by atoms with Gasteiger partial charge in [0.25, 0.3) is 5.91 Å². The smallest absolute Gasteiger partial charge is 0.269 e. The van der Waals surface area contributed by atoms with Crippen LogP contribution in [-0.4, -0.2) is 20.4 Å². The molecule has 0 aromatic carbocycles. The maximum atomic E-state index is 11.8. The Kier molecular flexibility index (Phi) is 3.62. The minimum atomic E-state index is -0.747. The van der Waals surface area contributed by atoms with Gasteiger partial charge in [0, 0.05) is 42.2 Å². The van der Waals surface area contributed by atoms with E-state index in [1.54, 1.807) is 24.0 Å². The van der Waals surface area contributed by atoms with Gasteiger partial charge in [0.05, 0.1) is 16.3 Å². The molecule has 0 atom stereocenters. The average molecular weight is 341 g/mol. The zero-order valence-electron chi connectivity index (χ0n) is 13.0. The molecule has 7 nitrogen and oxygen atoms in total. The summed E-state index contributed by atoms with van der Waals surface area (Å²) in [6.07, 6.45) is 4.73. The van der Waals surface area contributed by atoms with Gasteiger partial charge < -0.3 is 16.0 Å². The second-order valence-corrected chi connectivity index (χ2v) is 5.78. The molecular formula is C16H13ClN6O. The molecule has 8 heteroatoms. The predicted molar refractivity (Wildman–Crippen MR) is 91.3 cm³/mol. The largest absolute Gasteiger partial charge is 0.396 e. The van der Waals surface area contributed by atoms with Crippen LogP contribution in [0.4, 0.5) is 5.69 Å². The first-order valence-corrected chi connectivity index (χ1v) is 7.33. The molecule has 0 spiro atoms. The molecule has 0 saturated heterocycles. The molecule has 0 saturated carbocycles. The van der Waals surface area contributed by atoms with Crippen molar-refractivity contribution < 1.29 is 4.79 Å². The van der Waals surface area contributed by atoms with Crippen molar-refractivity contribution in [2.45, 2.75) is 6.92 Å². The SMILES string of the molecule is Cc1c(Cl)cncc1-c1c(N)c(C(N)=O)nc2c1c(C#N)cn2C. The minimum absolute atomic E-state index is 0.0532. The van der Waals surface area contributed by atoms with E-state index in [9.17, 15) is 10.1 Å². The first-order chi connectivity index (χ1) is 11.4. The number of nitrogens with zero attached hydrogens (tertiary/aromatic N) is 4. The van der Waals surface area contributed by atoms with Gasteiger partial charge in [-0.2, -0.15) is 5.26 Å². The molecule has 0 aliphatic heterocycles. The predicted octanol–water partition coefficient (Wildman–Crippen LogP) is 2.15. The van der Waals surface area contributed by atoms with Gasteiger partial charge in [-0.25, -0.2) is 4.98 Å². The van der Waals surface area contributed by atoms with E-state index in [0.717, 1.165) is 5.56 Å². The number of pyridine rings is 2. The number of hydrogen-bond donors (Lipinski definition) is 2. The van der Waals surface area contributed by atoms with Gasteiger partial charge in [-0.3, -0.25) is 9.78 Å². The van der Waals surface area contributed by atoms with Crippen molar-refractivity contribution in [2.24, 2.45) is 12.8 Å². The number of amides is 1. The fourth-order valence-corrected chi connectivity index (χ4v) is 2.88. The summed E-state index contributed by atoms with van der Waals surface area (Å²) < 4.78 is 1.65. The highest BCUT2D eigenvalue weighted by atomic mass is 35.5. The summed E-state index contributed by atoms with van der Waals surface area (Å²) >= 11 is 6.17. The summed E-state index contributed by atoms with van der Waals surface area (Å²) in [5.74, 6) is -0.747. The number of nitriles is 1. The van der Waals surface area contributed by atoms with Crippen LogP contribution < -0.4 is 11.5 Å². The van der Waals surface area contributed by atoms with Crippen LogP contribution in [0.25, 0.3) is 22.2 Å². The maximum Gasteiger partial charge on any atom is 0.269 e. The molecule has 0 unspecified atom stereocenters. The van der Waals surface area contributed by atoms with Crippen LogP contribution >= 0.6 is 11.6 Å². The normalized spacial score (nSPS) is 10.8. The monoisotopic (exact) mass is 340 g/mol. The van der Waals surface area contributed by atoms with Gasteiger partial charge >= 0.3 is 0 Å². The number of hydrogen-bond acceptors (Lipinski definition) is 5. The first kappa shape index (κ1) is 15.8. The molecule has 24 heavy (non-hydrogen) atoms. The lowest BCUT2D eigenvalue weighted by Crippen LogP contribution is -2.17. The number of halogens is 1. The molecule has 0 fully saturated rings. The first-order valence-electron chi connectivity index (χ1n) is 6.95. The molecule has 3 aromatic rings. The number of nitrogen functional groups attached to an aromatic ring is 1. The number of carbonyl (C=O) groups is 1. The minimum Gasteiger partial charge on any atom is -0.396 e. The number of aryl methyl sites for hydroxylation is 1. The van der Waals surface area contributed by atoms with E-state index in [-0.39, 0.29) is 11.4 Å². The second-order valence-electron chi connectivity index (χ2n) is 5.37. The molecule has 4 N–H and O–H groups in total. The van der Waals surface area contributed by atoms with Gasteiger partial charge in [-0.1, -0.05) is 11.6 Å². The lowest BCUT2D eigenvalue weighted by atomic mass is 9.96. The van der Waals surface area contributed by atoms with Crippen molar-refractivity contribution >= 4 is 34.2 Å². The zero-order valence-corrected chi connectivity index (χ0v) is 13.7. The van der Waals surface area contributed by atoms with Gasteiger partial charge in [-0.15, -0.1) is 0 Å². The van der Waals surface area contributed by atoms with Gasteiger partial charge in [0.1, 0.15) is 11.7 Å². The van der Waals surface area contributed by atoms with Crippen LogP contribution in [0.3, 0.4) is 0 Å². The van der Waals surface area contributed by atoms with E-state index in [0.29, 0.717) is 32.7 Å². The quantitative estimate of drug-likeness (QED) is 0.739. The van der Waals surface area contributed by atoms with Gasteiger partial charge in [0.2, 0.25) is 0 Å². The van der Waals surface area contributed by atoms with E-state index < -0.39 is 5.91 Å². The van der Waals surface area contributed by atoms with Crippen molar-refractivity contribution in [1.82, 2.24) is 14.5 Å². The Bertz CT molecular complexity index is 1050.